The van der Waals surface area contributed by atoms with Gasteiger partial charge in [-0.25, -0.2) is 0 Å². The minimum Gasteiger partial charge on any atom is -0.469 e. The van der Waals surface area contributed by atoms with Crippen molar-refractivity contribution in [2.75, 3.05) is 7.11 Å². The number of hydrogen-bond donors (Lipinski definition) is 0. The third-order valence-corrected chi connectivity index (χ3v) is 2.99. The highest BCUT2D eigenvalue weighted by atomic mass is 16.6. The first-order chi connectivity index (χ1) is 8.86. The van der Waals surface area contributed by atoms with E-state index in [1.165, 1.54) is 13.2 Å². The Morgan fingerprint density at radius 3 is 2.47 bits per heavy atom. The molecule has 0 aliphatic rings. The van der Waals surface area contributed by atoms with Gasteiger partial charge in [-0.3, -0.25) is 14.9 Å². The molecule has 0 fully saturated rings. The minimum atomic E-state index is -0.503. The first kappa shape index (κ1) is 15.1. The van der Waals surface area contributed by atoms with Gasteiger partial charge in [0.05, 0.1) is 18.0 Å². The van der Waals surface area contributed by atoms with Crippen LogP contribution in [-0.2, 0) is 16.0 Å². The summed E-state index contributed by atoms with van der Waals surface area (Å²) in [5.41, 5.74) is 1.37. The van der Waals surface area contributed by atoms with Crippen LogP contribution in [-0.4, -0.2) is 18.0 Å². The van der Waals surface area contributed by atoms with Crippen LogP contribution in [0.2, 0.25) is 0 Å². The molecule has 0 spiro atoms. The van der Waals surface area contributed by atoms with Gasteiger partial charge in [-0.05, 0) is 24.8 Å². The maximum absolute atomic E-state index is 11.5. The normalized spacial score (nSPS) is 12.3. The molecule has 1 atom stereocenters. The summed E-state index contributed by atoms with van der Waals surface area (Å²) in [5.74, 6) is -0.565. The molecule has 0 radical (unpaired) electrons. The Hall–Kier alpha value is -1.91. The van der Waals surface area contributed by atoms with Crippen LogP contribution in [0.15, 0.2) is 18.2 Å². The first-order valence-electron chi connectivity index (χ1n) is 6.21. The van der Waals surface area contributed by atoms with Crippen molar-refractivity contribution in [3.05, 3.63) is 39.4 Å². The topological polar surface area (TPSA) is 69.4 Å². The SMILES string of the molecule is COC(=O)C(C)c1ccc(CC(C)C)c([N+](=O)[O-])c1. The number of hydrogen-bond acceptors (Lipinski definition) is 4. The van der Waals surface area contributed by atoms with Crippen LogP contribution in [0.25, 0.3) is 0 Å². The maximum Gasteiger partial charge on any atom is 0.312 e. The summed E-state index contributed by atoms with van der Waals surface area (Å²) < 4.78 is 4.65. The van der Waals surface area contributed by atoms with Gasteiger partial charge in [0, 0.05) is 11.6 Å². The van der Waals surface area contributed by atoms with E-state index in [4.69, 9.17) is 0 Å². The van der Waals surface area contributed by atoms with Gasteiger partial charge in [-0.15, -0.1) is 0 Å². The van der Waals surface area contributed by atoms with Crippen LogP contribution >= 0.6 is 0 Å². The summed E-state index contributed by atoms with van der Waals surface area (Å²) in [5, 5.41) is 11.1. The van der Waals surface area contributed by atoms with E-state index in [0.29, 0.717) is 23.5 Å². The molecule has 0 saturated carbocycles. The zero-order valence-corrected chi connectivity index (χ0v) is 11.7. The average Bonchev–Trinajstić information content (AvgIpc) is 2.36. The number of methoxy groups -OCH3 is 1. The lowest BCUT2D eigenvalue weighted by atomic mass is 9.95. The molecule has 104 valence electrons. The van der Waals surface area contributed by atoms with Gasteiger partial charge in [0.25, 0.3) is 5.69 Å². The van der Waals surface area contributed by atoms with Crippen molar-refractivity contribution in [1.82, 2.24) is 0 Å². The highest BCUT2D eigenvalue weighted by Gasteiger charge is 2.21. The first-order valence-corrected chi connectivity index (χ1v) is 6.21. The van der Waals surface area contributed by atoms with E-state index in [1.807, 2.05) is 13.8 Å². The molecule has 0 N–H and O–H groups in total. The number of nitro benzene ring substituents is 1. The van der Waals surface area contributed by atoms with Gasteiger partial charge < -0.3 is 4.74 Å². The number of esters is 1. The molecular weight excluding hydrogens is 246 g/mol. The largest absolute Gasteiger partial charge is 0.469 e. The van der Waals surface area contributed by atoms with E-state index < -0.39 is 16.8 Å². The monoisotopic (exact) mass is 265 g/mol. The summed E-state index contributed by atoms with van der Waals surface area (Å²) in [6.07, 6.45) is 0.642. The smallest absolute Gasteiger partial charge is 0.312 e. The second-order valence-electron chi connectivity index (χ2n) is 4.99. The lowest BCUT2D eigenvalue weighted by molar-refractivity contribution is -0.385. The Balaban J connectivity index is 3.16. The summed E-state index contributed by atoms with van der Waals surface area (Å²) >= 11 is 0. The number of carbonyl (C=O) groups is 1. The van der Waals surface area contributed by atoms with Crippen LogP contribution in [0.4, 0.5) is 5.69 Å². The van der Waals surface area contributed by atoms with Gasteiger partial charge in [-0.1, -0.05) is 26.0 Å². The zero-order chi connectivity index (χ0) is 14.6. The summed E-state index contributed by atoms with van der Waals surface area (Å²) in [6.45, 7) is 5.69. The lowest BCUT2D eigenvalue weighted by Crippen LogP contribution is -2.11. The molecule has 0 amide bonds. The second-order valence-corrected chi connectivity index (χ2v) is 4.99. The molecule has 0 saturated heterocycles. The van der Waals surface area contributed by atoms with Gasteiger partial charge in [0.1, 0.15) is 0 Å². The maximum atomic E-state index is 11.5. The molecule has 5 heteroatoms. The van der Waals surface area contributed by atoms with Crippen molar-refractivity contribution < 1.29 is 14.5 Å². The Morgan fingerprint density at radius 1 is 1.37 bits per heavy atom. The van der Waals surface area contributed by atoms with E-state index in [2.05, 4.69) is 4.74 Å². The van der Waals surface area contributed by atoms with Crippen LogP contribution in [0.1, 0.15) is 37.8 Å². The summed E-state index contributed by atoms with van der Waals surface area (Å²) in [6, 6.07) is 4.96. The molecular formula is C14H19NO4. The van der Waals surface area contributed by atoms with Crippen LogP contribution in [0.5, 0.6) is 0 Å². The molecule has 0 aliphatic carbocycles. The van der Waals surface area contributed by atoms with Gasteiger partial charge >= 0.3 is 5.97 Å². The fourth-order valence-corrected chi connectivity index (χ4v) is 1.95. The molecule has 1 aromatic rings. The molecule has 1 aromatic carbocycles. The molecule has 1 rings (SSSR count). The average molecular weight is 265 g/mol. The van der Waals surface area contributed by atoms with Crippen molar-refractivity contribution in [3.8, 4) is 0 Å². The second kappa shape index (κ2) is 6.31. The van der Waals surface area contributed by atoms with Gasteiger partial charge in [0.2, 0.25) is 0 Å². The Bertz CT molecular complexity index is 482. The fourth-order valence-electron chi connectivity index (χ4n) is 1.95. The van der Waals surface area contributed by atoms with E-state index in [1.54, 1.807) is 19.1 Å². The van der Waals surface area contributed by atoms with Crippen molar-refractivity contribution >= 4 is 11.7 Å². The highest BCUT2D eigenvalue weighted by Crippen LogP contribution is 2.27. The van der Waals surface area contributed by atoms with Crippen molar-refractivity contribution in [3.63, 3.8) is 0 Å². The van der Waals surface area contributed by atoms with Gasteiger partial charge in [0.15, 0.2) is 0 Å². The molecule has 1 unspecified atom stereocenters. The van der Waals surface area contributed by atoms with Crippen molar-refractivity contribution in [2.45, 2.75) is 33.1 Å². The van der Waals surface area contributed by atoms with Crippen LogP contribution in [0.3, 0.4) is 0 Å². The molecule has 0 heterocycles. The number of benzene rings is 1. The number of nitrogens with zero attached hydrogens (tertiary/aromatic N) is 1. The Kier molecular flexibility index (Phi) is 5.03. The van der Waals surface area contributed by atoms with Crippen molar-refractivity contribution in [2.24, 2.45) is 5.92 Å². The molecule has 19 heavy (non-hydrogen) atoms. The minimum absolute atomic E-state index is 0.0713. The predicted octanol–water partition coefficient (Wildman–Crippen LogP) is 3.07. The third kappa shape index (κ3) is 3.77. The highest BCUT2D eigenvalue weighted by molar-refractivity contribution is 5.77. The quantitative estimate of drug-likeness (QED) is 0.466. The third-order valence-electron chi connectivity index (χ3n) is 2.99. The fraction of sp³-hybridized carbons (Fsp3) is 0.500. The standard InChI is InChI=1S/C14H19NO4/c1-9(2)7-12-6-5-11(8-13(12)15(17)18)10(3)14(16)19-4/h5-6,8-10H,7H2,1-4H3. The zero-order valence-electron chi connectivity index (χ0n) is 11.7. The number of ether oxygens (including phenoxy) is 1. The van der Waals surface area contributed by atoms with E-state index in [-0.39, 0.29) is 5.69 Å². The molecule has 0 bridgehead atoms. The predicted molar refractivity (Wildman–Crippen MR) is 72.1 cm³/mol. The molecule has 0 aliphatic heterocycles. The molecule has 5 nitrogen and oxygen atoms in total. The van der Waals surface area contributed by atoms with Crippen LogP contribution < -0.4 is 0 Å². The number of carbonyl (C=O) groups excluding carboxylic acids is 1. The van der Waals surface area contributed by atoms with E-state index >= 15 is 0 Å². The van der Waals surface area contributed by atoms with Crippen LogP contribution in [0, 0.1) is 16.0 Å². The summed E-state index contributed by atoms with van der Waals surface area (Å²) in [4.78, 5) is 22.2. The number of nitro groups is 1. The summed E-state index contributed by atoms with van der Waals surface area (Å²) in [7, 11) is 1.31. The lowest BCUT2D eigenvalue weighted by Gasteiger charge is -2.11. The Labute approximate surface area is 112 Å². The van der Waals surface area contributed by atoms with Crippen molar-refractivity contribution in [1.29, 1.82) is 0 Å². The van der Waals surface area contributed by atoms with Gasteiger partial charge in [-0.2, -0.15) is 0 Å². The van der Waals surface area contributed by atoms with E-state index in [0.717, 1.165) is 0 Å². The van der Waals surface area contributed by atoms with E-state index in [9.17, 15) is 14.9 Å². The Morgan fingerprint density at radius 2 is 2.00 bits per heavy atom. The molecule has 0 aromatic heterocycles. The number of rotatable bonds is 5.